The molecule has 2 aromatic carbocycles. The average Bonchev–Trinajstić information content (AvgIpc) is 2.88. The highest BCUT2D eigenvalue weighted by Gasteiger charge is 2.27. The van der Waals surface area contributed by atoms with Crippen LogP contribution in [-0.4, -0.2) is 48.1 Å². The van der Waals surface area contributed by atoms with Crippen molar-refractivity contribution in [2.75, 3.05) is 18.3 Å². The van der Waals surface area contributed by atoms with E-state index in [0.29, 0.717) is 25.1 Å². The second-order valence-electron chi connectivity index (χ2n) is 9.32. The number of sulfonamides is 1. The van der Waals surface area contributed by atoms with Gasteiger partial charge in [0.15, 0.2) is 0 Å². The summed E-state index contributed by atoms with van der Waals surface area (Å²) in [6.07, 6.45) is 1.99. The summed E-state index contributed by atoms with van der Waals surface area (Å²) in [5, 5.41) is 0. The molecule has 1 unspecified atom stereocenters. The summed E-state index contributed by atoms with van der Waals surface area (Å²) in [6.45, 7) is 5.26. The fourth-order valence-corrected chi connectivity index (χ4v) is 5.63. The largest absolute Gasteiger partial charge is 0.468 e. The number of likely N-dealkylation sites (N-methyl/N-ethyl adjacent to an activating group) is 1. The first-order chi connectivity index (χ1) is 18.2. The number of pyridine rings is 1. The first-order valence-corrected chi connectivity index (χ1v) is 13.5. The molecule has 1 N–H and O–H groups in total. The van der Waals surface area contributed by atoms with E-state index in [1.807, 2.05) is 51.2 Å². The van der Waals surface area contributed by atoms with Crippen LogP contribution in [0.1, 0.15) is 38.8 Å². The monoisotopic (exact) mass is 529 g/mol. The van der Waals surface area contributed by atoms with Crippen LogP contribution >= 0.6 is 0 Å². The molecule has 0 radical (unpaired) electrons. The maximum atomic E-state index is 13.2. The quantitative estimate of drug-likeness (QED) is 0.352. The lowest BCUT2D eigenvalue weighted by Crippen LogP contribution is -2.33. The van der Waals surface area contributed by atoms with Gasteiger partial charge in [0, 0.05) is 42.0 Å². The van der Waals surface area contributed by atoms with Crippen LogP contribution in [0.5, 0.6) is 5.88 Å². The van der Waals surface area contributed by atoms with Crippen molar-refractivity contribution in [1.29, 1.82) is 0 Å². The van der Waals surface area contributed by atoms with Crippen molar-refractivity contribution in [3.05, 3.63) is 94.8 Å². The number of aryl methyl sites for hydroxylation is 2. The zero-order chi connectivity index (χ0) is 26.9. The van der Waals surface area contributed by atoms with E-state index in [9.17, 15) is 13.2 Å². The Bertz CT molecular complexity index is 1600. The minimum Gasteiger partial charge on any atom is -0.468 e. The molecule has 1 aliphatic heterocycles. The summed E-state index contributed by atoms with van der Waals surface area (Å²) in [5.41, 5.74) is 5.49. The number of ether oxygens (including phenoxy) is 1. The van der Waals surface area contributed by atoms with E-state index < -0.39 is 10.0 Å². The maximum Gasteiger partial charge on any atom is 0.264 e. The molecular weight excluding hydrogens is 502 g/mol. The fourth-order valence-electron chi connectivity index (χ4n) is 4.64. The lowest BCUT2D eigenvalue weighted by Gasteiger charge is -2.31. The van der Waals surface area contributed by atoms with Crippen molar-refractivity contribution in [3.8, 4) is 17.1 Å². The highest BCUT2D eigenvalue weighted by atomic mass is 32.2. The Morgan fingerprint density at radius 3 is 2.55 bits per heavy atom. The van der Waals surface area contributed by atoms with Crippen molar-refractivity contribution in [1.82, 2.24) is 19.9 Å². The van der Waals surface area contributed by atoms with Gasteiger partial charge in [-0.2, -0.15) is 4.98 Å². The summed E-state index contributed by atoms with van der Waals surface area (Å²) < 4.78 is 35.2. The minimum absolute atomic E-state index is 0.0699. The molecule has 5 rings (SSSR count). The molecule has 4 aromatic rings. The van der Waals surface area contributed by atoms with E-state index in [4.69, 9.17) is 4.74 Å². The first-order valence-electron chi connectivity index (χ1n) is 12.1. The third-order valence-electron chi connectivity index (χ3n) is 6.40. The number of carbonyl (C=O) groups is 1. The lowest BCUT2D eigenvalue weighted by molar-refractivity contribution is 0.112. The second-order valence-corrected chi connectivity index (χ2v) is 11.0. The molecule has 38 heavy (non-hydrogen) atoms. The van der Waals surface area contributed by atoms with Gasteiger partial charge in [-0.05, 0) is 50.2 Å². The summed E-state index contributed by atoms with van der Waals surface area (Å²) in [4.78, 5) is 26.7. The number of nitrogens with one attached hydrogen (secondary N) is 1. The minimum atomic E-state index is -4.08. The van der Waals surface area contributed by atoms with Crippen molar-refractivity contribution in [3.63, 3.8) is 0 Å². The average molecular weight is 530 g/mol. The zero-order valence-corrected chi connectivity index (χ0v) is 22.1. The van der Waals surface area contributed by atoms with Crippen LogP contribution in [0.15, 0.2) is 71.8 Å². The Morgan fingerprint density at radius 2 is 1.79 bits per heavy atom. The highest BCUT2D eigenvalue weighted by Crippen LogP contribution is 2.33. The van der Waals surface area contributed by atoms with Crippen molar-refractivity contribution in [2.24, 2.45) is 0 Å². The van der Waals surface area contributed by atoms with Crippen LogP contribution in [-0.2, 0) is 16.6 Å². The zero-order valence-electron chi connectivity index (χ0n) is 21.2. The Morgan fingerprint density at radius 1 is 1.03 bits per heavy atom. The van der Waals surface area contributed by atoms with Crippen LogP contribution in [0.25, 0.3) is 11.3 Å². The SMILES string of the molecule is Cc1cccc(C)c1-c1cc(OC2CN(C)Cc3ncccc32)nc(NS(=O)(=O)c2cccc(C=O)c2)n1. The van der Waals surface area contributed by atoms with Crippen molar-refractivity contribution in [2.45, 2.75) is 31.4 Å². The number of carbonyl (C=O) groups excluding carboxylic acids is 1. The fraction of sp³-hybridized carbons (Fsp3) is 0.214. The van der Waals surface area contributed by atoms with Gasteiger partial charge in [0.2, 0.25) is 11.8 Å². The van der Waals surface area contributed by atoms with Gasteiger partial charge in [-0.3, -0.25) is 14.7 Å². The van der Waals surface area contributed by atoms with E-state index >= 15 is 0 Å². The van der Waals surface area contributed by atoms with Crippen LogP contribution in [0.3, 0.4) is 0 Å². The van der Waals surface area contributed by atoms with Gasteiger partial charge in [-0.25, -0.2) is 18.1 Å². The molecule has 0 saturated carbocycles. The van der Waals surface area contributed by atoms with Crippen LogP contribution < -0.4 is 9.46 Å². The Labute approximate surface area is 221 Å². The maximum absolute atomic E-state index is 13.2. The Balaban J connectivity index is 1.58. The predicted molar refractivity (Wildman–Crippen MR) is 144 cm³/mol. The Kier molecular flexibility index (Phi) is 6.92. The number of aromatic nitrogens is 3. The first kappa shape index (κ1) is 25.5. The van der Waals surface area contributed by atoms with E-state index in [2.05, 4.69) is 24.6 Å². The smallest absolute Gasteiger partial charge is 0.264 e. The molecule has 3 heterocycles. The van der Waals surface area contributed by atoms with Crippen molar-refractivity contribution < 1.29 is 17.9 Å². The molecule has 0 spiro atoms. The third kappa shape index (κ3) is 5.27. The van der Waals surface area contributed by atoms with Gasteiger partial charge < -0.3 is 4.74 Å². The molecule has 0 bridgehead atoms. The van der Waals surface area contributed by atoms with Crippen molar-refractivity contribution >= 4 is 22.3 Å². The standard InChI is InChI=1S/C28H27N5O4S/c1-18-7-4-8-19(2)27(18)23-14-26(37-25-16-33(3)15-24-22(25)11-6-12-29-24)31-28(30-23)32-38(35,36)21-10-5-9-20(13-21)17-34/h4-14,17,25H,15-16H2,1-3H3,(H,30,31,32). The summed E-state index contributed by atoms with van der Waals surface area (Å²) in [7, 11) is -2.09. The summed E-state index contributed by atoms with van der Waals surface area (Å²) in [6, 6.07) is 17.2. The number of rotatable bonds is 7. The molecule has 0 saturated heterocycles. The summed E-state index contributed by atoms with van der Waals surface area (Å²) in [5.74, 6) is 0.0966. The number of benzene rings is 2. The molecule has 0 aliphatic carbocycles. The van der Waals surface area contributed by atoms with Gasteiger partial charge in [-0.1, -0.05) is 36.4 Å². The Hall–Kier alpha value is -4.15. The number of hydrogen-bond acceptors (Lipinski definition) is 8. The molecule has 2 aromatic heterocycles. The second kappa shape index (κ2) is 10.3. The highest BCUT2D eigenvalue weighted by molar-refractivity contribution is 7.92. The van der Waals surface area contributed by atoms with Gasteiger partial charge in [0.25, 0.3) is 10.0 Å². The predicted octanol–water partition coefficient (Wildman–Crippen LogP) is 4.33. The number of aldehydes is 1. The molecule has 1 atom stereocenters. The van der Waals surface area contributed by atoms with Crippen LogP contribution in [0, 0.1) is 13.8 Å². The van der Waals surface area contributed by atoms with Crippen LogP contribution in [0.4, 0.5) is 5.95 Å². The molecular formula is C28H27N5O4S. The number of fused-ring (bicyclic) bond motifs is 1. The molecule has 1 aliphatic rings. The van der Waals surface area contributed by atoms with Gasteiger partial charge in [0.05, 0.1) is 16.3 Å². The molecule has 10 heteroatoms. The van der Waals surface area contributed by atoms with Gasteiger partial charge >= 0.3 is 0 Å². The molecule has 194 valence electrons. The van der Waals surface area contributed by atoms with Gasteiger partial charge in [0.1, 0.15) is 12.4 Å². The van der Waals surface area contributed by atoms with E-state index in [1.165, 1.54) is 24.3 Å². The molecule has 9 nitrogen and oxygen atoms in total. The summed E-state index contributed by atoms with van der Waals surface area (Å²) >= 11 is 0. The molecule has 0 fully saturated rings. The topological polar surface area (TPSA) is 114 Å². The number of anilines is 1. The molecule has 0 amide bonds. The van der Waals surface area contributed by atoms with Crippen LogP contribution in [0.2, 0.25) is 0 Å². The van der Waals surface area contributed by atoms with Gasteiger partial charge in [-0.15, -0.1) is 0 Å². The van der Waals surface area contributed by atoms with E-state index in [1.54, 1.807) is 12.3 Å². The number of nitrogens with zero attached hydrogens (tertiary/aromatic N) is 4. The van der Waals surface area contributed by atoms with E-state index in [0.717, 1.165) is 27.9 Å². The third-order valence-corrected chi connectivity index (χ3v) is 7.73. The number of hydrogen-bond donors (Lipinski definition) is 1. The lowest BCUT2D eigenvalue weighted by atomic mass is 10.00. The van der Waals surface area contributed by atoms with E-state index in [-0.39, 0.29) is 28.4 Å². The normalized spacial score (nSPS) is 15.5.